The lowest BCUT2D eigenvalue weighted by Crippen LogP contribution is -2.16. The van der Waals surface area contributed by atoms with E-state index in [4.69, 9.17) is 11.5 Å². The molecule has 0 heterocycles. The predicted molar refractivity (Wildman–Crippen MR) is 91.6 cm³/mol. The second kappa shape index (κ2) is 6.07. The zero-order valence-electron chi connectivity index (χ0n) is 14.5. The number of rotatable bonds is 4. The second-order valence-electron chi connectivity index (χ2n) is 7.10. The Hall–Kier alpha value is -1.18. The molecule has 0 saturated carbocycles. The first-order valence-electron chi connectivity index (χ1n) is 7.85. The molecule has 2 nitrogen and oxygen atoms in total. The fourth-order valence-electron chi connectivity index (χ4n) is 3.36. The van der Waals surface area contributed by atoms with Crippen LogP contribution in [-0.2, 0) is 0 Å². The summed E-state index contributed by atoms with van der Waals surface area (Å²) in [6, 6.07) is 0. The number of benzene rings is 1. The van der Waals surface area contributed by atoms with Crippen LogP contribution in [0.25, 0.3) is 0 Å². The Balaban J connectivity index is 3.89. The van der Waals surface area contributed by atoms with Gasteiger partial charge in [-0.1, -0.05) is 55.4 Å². The summed E-state index contributed by atoms with van der Waals surface area (Å²) >= 11 is 0. The molecule has 4 N–H and O–H groups in total. The topological polar surface area (TPSA) is 52.0 Å². The summed E-state index contributed by atoms with van der Waals surface area (Å²) in [4.78, 5) is 0. The van der Waals surface area contributed by atoms with Crippen molar-refractivity contribution in [2.45, 2.75) is 79.1 Å². The van der Waals surface area contributed by atoms with Gasteiger partial charge in [0, 0.05) is 11.4 Å². The quantitative estimate of drug-likeness (QED) is 0.729. The fraction of sp³-hybridized carbons (Fsp3) is 0.667. The van der Waals surface area contributed by atoms with Crippen LogP contribution >= 0.6 is 0 Å². The molecule has 0 aromatic heterocycles. The first-order chi connectivity index (χ1) is 9.11. The third-order valence-electron chi connectivity index (χ3n) is 4.05. The average Bonchev–Trinajstić information content (AvgIpc) is 2.28. The highest BCUT2D eigenvalue weighted by Crippen LogP contribution is 2.45. The monoisotopic (exact) mass is 276 g/mol. The van der Waals surface area contributed by atoms with E-state index >= 15 is 0 Å². The Labute approximate surface area is 124 Å². The average molecular weight is 276 g/mol. The van der Waals surface area contributed by atoms with Gasteiger partial charge in [-0.15, -0.1) is 0 Å². The van der Waals surface area contributed by atoms with E-state index in [-0.39, 0.29) is 0 Å². The normalized spacial score (nSPS) is 12.2. The molecule has 0 spiro atoms. The van der Waals surface area contributed by atoms with Gasteiger partial charge in [-0.25, -0.2) is 0 Å². The molecule has 2 heteroatoms. The number of hydrogen-bond acceptors (Lipinski definition) is 2. The summed E-state index contributed by atoms with van der Waals surface area (Å²) in [6.07, 6.45) is 0. The maximum Gasteiger partial charge on any atom is 0.0391 e. The van der Waals surface area contributed by atoms with Crippen molar-refractivity contribution in [3.05, 3.63) is 22.3 Å². The van der Waals surface area contributed by atoms with E-state index in [2.05, 4.69) is 55.4 Å². The second-order valence-corrected chi connectivity index (χ2v) is 7.10. The van der Waals surface area contributed by atoms with Crippen LogP contribution in [0.1, 0.15) is 101 Å². The minimum atomic E-state index is 0.397. The number of nitrogen functional groups attached to an aromatic ring is 2. The smallest absolute Gasteiger partial charge is 0.0391 e. The zero-order valence-corrected chi connectivity index (χ0v) is 14.5. The molecule has 0 aliphatic rings. The summed E-state index contributed by atoms with van der Waals surface area (Å²) in [5, 5.41) is 0. The van der Waals surface area contributed by atoms with E-state index in [1.807, 2.05) is 0 Å². The van der Waals surface area contributed by atoms with Gasteiger partial charge in [0.05, 0.1) is 0 Å². The minimum Gasteiger partial charge on any atom is -0.398 e. The summed E-state index contributed by atoms with van der Waals surface area (Å²) in [5.41, 5.74) is 20.1. The molecule has 1 aromatic carbocycles. The van der Waals surface area contributed by atoms with Crippen molar-refractivity contribution in [1.82, 2.24) is 0 Å². The minimum absolute atomic E-state index is 0.397. The molecule has 1 rings (SSSR count). The van der Waals surface area contributed by atoms with Gasteiger partial charge in [-0.3, -0.25) is 0 Å². The van der Waals surface area contributed by atoms with Gasteiger partial charge >= 0.3 is 0 Å². The molecule has 114 valence electrons. The number of nitrogens with two attached hydrogens (primary N) is 2. The molecule has 1 aromatic rings. The van der Waals surface area contributed by atoms with Crippen LogP contribution in [-0.4, -0.2) is 0 Å². The lowest BCUT2D eigenvalue weighted by Gasteiger charge is -2.29. The fourth-order valence-corrected chi connectivity index (χ4v) is 3.36. The van der Waals surface area contributed by atoms with Gasteiger partial charge in [0.25, 0.3) is 0 Å². The summed E-state index contributed by atoms with van der Waals surface area (Å²) in [7, 11) is 0. The van der Waals surface area contributed by atoms with Crippen molar-refractivity contribution in [2.75, 3.05) is 11.5 Å². The van der Waals surface area contributed by atoms with E-state index in [1.165, 1.54) is 22.3 Å². The summed E-state index contributed by atoms with van der Waals surface area (Å²) < 4.78 is 0. The van der Waals surface area contributed by atoms with Gasteiger partial charge in [-0.2, -0.15) is 0 Å². The van der Waals surface area contributed by atoms with Crippen LogP contribution in [0.5, 0.6) is 0 Å². The van der Waals surface area contributed by atoms with Gasteiger partial charge in [0.1, 0.15) is 0 Å². The number of hydrogen-bond donors (Lipinski definition) is 2. The highest BCUT2D eigenvalue weighted by Gasteiger charge is 2.26. The highest BCUT2D eigenvalue weighted by atomic mass is 14.6. The van der Waals surface area contributed by atoms with Crippen LogP contribution in [0.4, 0.5) is 11.4 Å². The van der Waals surface area contributed by atoms with Crippen LogP contribution in [0.15, 0.2) is 0 Å². The molecule has 0 atom stereocenters. The molecular weight excluding hydrogens is 244 g/mol. The van der Waals surface area contributed by atoms with E-state index in [0.717, 1.165) is 11.4 Å². The highest BCUT2D eigenvalue weighted by molar-refractivity contribution is 5.74. The molecular formula is C18H32N2. The van der Waals surface area contributed by atoms with Crippen LogP contribution in [0, 0.1) is 0 Å². The first kappa shape index (κ1) is 16.9. The van der Waals surface area contributed by atoms with Gasteiger partial charge in [0.15, 0.2) is 0 Å². The molecule has 0 aliphatic heterocycles. The summed E-state index contributed by atoms with van der Waals surface area (Å²) in [5.74, 6) is 1.59. The Morgan fingerprint density at radius 1 is 0.450 bits per heavy atom. The van der Waals surface area contributed by atoms with Gasteiger partial charge in [0.2, 0.25) is 0 Å². The lowest BCUT2D eigenvalue weighted by atomic mass is 9.78. The largest absolute Gasteiger partial charge is 0.398 e. The van der Waals surface area contributed by atoms with Crippen molar-refractivity contribution < 1.29 is 0 Å². The van der Waals surface area contributed by atoms with Crippen molar-refractivity contribution in [3.63, 3.8) is 0 Å². The van der Waals surface area contributed by atoms with E-state index < -0.39 is 0 Å². The van der Waals surface area contributed by atoms with Crippen LogP contribution in [0.3, 0.4) is 0 Å². The Bertz CT molecular complexity index is 397. The Morgan fingerprint density at radius 3 is 0.700 bits per heavy atom. The first-order valence-corrected chi connectivity index (χ1v) is 7.85. The van der Waals surface area contributed by atoms with Gasteiger partial charge in [-0.05, 0) is 45.9 Å². The van der Waals surface area contributed by atoms with Crippen molar-refractivity contribution in [1.29, 1.82) is 0 Å². The number of anilines is 2. The zero-order chi connectivity index (χ0) is 15.8. The van der Waals surface area contributed by atoms with Crippen molar-refractivity contribution >= 4 is 11.4 Å². The Kier molecular flexibility index (Phi) is 5.12. The van der Waals surface area contributed by atoms with Crippen molar-refractivity contribution in [3.8, 4) is 0 Å². The van der Waals surface area contributed by atoms with Crippen LogP contribution in [0.2, 0.25) is 0 Å². The van der Waals surface area contributed by atoms with E-state index in [1.54, 1.807) is 0 Å². The molecule has 0 amide bonds. The third-order valence-corrected chi connectivity index (χ3v) is 4.05. The van der Waals surface area contributed by atoms with E-state index in [0.29, 0.717) is 23.7 Å². The molecule has 0 radical (unpaired) electrons. The molecule has 0 unspecified atom stereocenters. The standard InChI is InChI=1S/C18H32N2/c1-9(2)13-14(10(3)4)18(20)16(12(7)8)15(11(5)6)17(13)19/h9-12H,19-20H2,1-8H3. The SMILES string of the molecule is CC(C)c1c(N)c(C(C)C)c(C(C)C)c(N)c1C(C)C. The third kappa shape index (κ3) is 2.79. The lowest BCUT2D eigenvalue weighted by molar-refractivity contribution is 0.757. The maximum absolute atomic E-state index is 6.58. The molecule has 0 saturated heterocycles. The van der Waals surface area contributed by atoms with Crippen molar-refractivity contribution in [2.24, 2.45) is 0 Å². The predicted octanol–water partition coefficient (Wildman–Crippen LogP) is 5.34. The van der Waals surface area contributed by atoms with E-state index in [9.17, 15) is 0 Å². The van der Waals surface area contributed by atoms with Crippen LogP contribution < -0.4 is 11.5 Å². The Morgan fingerprint density at radius 2 is 0.600 bits per heavy atom. The summed E-state index contributed by atoms with van der Waals surface area (Å²) in [6.45, 7) is 17.6. The molecule has 0 aliphatic carbocycles. The molecule has 0 bridgehead atoms. The molecule has 20 heavy (non-hydrogen) atoms. The maximum atomic E-state index is 6.58. The molecule has 0 fully saturated rings. The van der Waals surface area contributed by atoms with Gasteiger partial charge < -0.3 is 11.5 Å².